The van der Waals surface area contributed by atoms with Crippen LogP contribution in [0, 0.1) is 24.1 Å². The SMILES string of the molecule is CCN(C)C(=O)CNc1c(C#N)cnc2c(C)cc(F)cc12. The van der Waals surface area contributed by atoms with Gasteiger partial charge in [0.15, 0.2) is 0 Å². The highest BCUT2D eigenvalue weighted by atomic mass is 19.1. The highest BCUT2D eigenvalue weighted by Crippen LogP contribution is 2.28. The van der Waals surface area contributed by atoms with Gasteiger partial charge in [-0.3, -0.25) is 9.78 Å². The normalized spacial score (nSPS) is 10.3. The quantitative estimate of drug-likeness (QED) is 0.941. The minimum Gasteiger partial charge on any atom is -0.374 e. The molecule has 0 saturated carbocycles. The molecule has 0 aliphatic heterocycles. The summed E-state index contributed by atoms with van der Waals surface area (Å²) in [5, 5.41) is 12.7. The number of hydrogen-bond donors (Lipinski definition) is 1. The topological polar surface area (TPSA) is 69.0 Å². The Balaban J connectivity index is 2.47. The van der Waals surface area contributed by atoms with Gasteiger partial charge in [-0.25, -0.2) is 4.39 Å². The van der Waals surface area contributed by atoms with Crippen LogP contribution in [0.1, 0.15) is 18.1 Å². The Morgan fingerprint density at radius 2 is 2.23 bits per heavy atom. The number of aryl methyl sites for hydroxylation is 1. The zero-order valence-corrected chi connectivity index (χ0v) is 12.8. The first-order chi connectivity index (χ1) is 10.5. The van der Waals surface area contributed by atoms with E-state index < -0.39 is 5.82 Å². The molecular weight excluding hydrogens is 283 g/mol. The number of carbonyl (C=O) groups is 1. The fourth-order valence-corrected chi connectivity index (χ4v) is 2.19. The maximum atomic E-state index is 13.7. The summed E-state index contributed by atoms with van der Waals surface area (Å²) < 4.78 is 13.7. The van der Waals surface area contributed by atoms with Crippen molar-refractivity contribution in [3.63, 3.8) is 0 Å². The van der Waals surface area contributed by atoms with Crippen molar-refractivity contribution in [1.82, 2.24) is 9.88 Å². The Labute approximate surface area is 128 Å². The second kappa shape index (κ2) is 6.39. The smallest absolute Gasteiger partial charge is 0.241 e. The van der Waals surface area contributed by atoms with Gasteiger partial charge >= 0.3 is 0 Å². The molecule has 1 amide bonds. The van der Waals surface area contributed by atoms with E-state index in [1.54, 1.807) is 18.9 Å². The second-order valence-corrected chi connectivity index (χ2v) is 5.04. The van der Waals surface area contributed by atoms with Crippen molar-refractivity contribution in [1.29, 1.82) is 5.26 Å². The number of carbonyl (C=O) groups excluding carboxylic acids is 1. The van der Waals surface area contributed by atoms with Gasteiger partial charge in [-0.15, -0.1) is 0 Å². The van der Waals surface area contributed by atoms with E-state index >= 15 is 0 Å². The van der Waals surface area contributed by atoms with Gasteiger partial charge in [-0.1, -0.05) is 0 Å². The maximum absolute atomic E-state index is 13.7. The van der Waals surface area contributed by atoms with Crippen LogP contribution in [0.5, 0.6) is 0 Å². The van der Waals surface area contributed by atoms with Crippen LogP contribution in [-0.2, 0) is 4.79 Å². The number of fused-ring (bicyclic) bond motifs is 1. The maximum Gasteiger partial charge on any atom is 0.241 e. The Kier molecular flexibility index (Phi) is 4.56. The first-order valence-corrected chi connectivity index (χ1v) is 6.94. The van der Waals surface area contributed by atoms with E-state index in [0.29, 0.717) is 28.7 Å². The molecule has 114 valence electrons. The van der Waals surface area contributed by atoms with Crippen LogP contribution in [0.3, 0.4) is 0 Å². The minimum absolute atomic E-state index is 0.0354. The standard InChI is InChI=1S/C16H17FN4O/c1-4-21(3)14(22)9-20-16-11(7-18)8-19-15-10(2)5-12(17)6-13(15)16/h5-6,8H,4,9H2,1-3H3,(H,19,20). The van der Waals surface area contributed by atoms with E-state index in [9.17, 15) is 14.4 Å². The molecule has 0 aliphatic carbocycles. The van der Waals surface area contributed by atoms with E-state index in [2.05, 4.69) is 10.3 Å². The van der Waals surface area contributed by atoms with Gasteiger partial charge in [0.25, 0.3) is 0 Å². The van der Waals surface area contributed by atoms with Crippen molar-refractivity contribution in [3.05, 3.63) is 35.3 Å². The number of likely N-dealkylation sites (N-methyl/N-ethyl adjacent to an activating group) is 1. The van der Waals surface area contributed by atoms with Crippen LogP contribution in [0.25, 0.3) is 10.9 Å². The average molecular weight is 300 g/mol. The molecule has 0 spiro atoms. The van der Waals surface area contributed by atoms with E-state index in [-0.39, 0.29) is 18.0 Å². The van der Waals surface area contributed by atoms with Crippen LogP contribution >= 0.6 is 0 Å². The number of rotatable bonds is 4. The molecule has 1 N–H and O–H groups in total. The Hall–Kier alpha value is -2.68. The number of nitriles is 1. The Morgan fingerprint density at radius 3 is 2.86 bits per heavy atom. The van der Waals surface area contributed by atoms with Crippen LogP contribution in [-0.4, -0.2) is 35.9 Å². The first kappa shape index (κ1) is 15.7. The highest BCUT2D eigenvalue weighted by Gasteiger charge is 2.14. The lowest BCUT2D eigenvalue weighted by atomic mass is 10.1. The van der Waals surface area contributed by atoms with Crippen molar-refractivity contribution in [2.24, 2.45) is 0 Å². The van der Waals surface area contributed by atoms with Gasteiger partial charge in [-0.05, 0) is 31.5 Å². The third kappa shape index (κ3) is 2.98. The molecule has 2 aromatic rings. The number of benzene rings is 1. The summed E-state index contributed by atoms with van der Waals surface area (Å²) in [4.78, 5) is 17.7. The number of aromatic nitrogens is 1. The molecule has 0 radical (unpaired) electrons. The van der Waals surface area contributed by atoms with Crippen molar-refractivity contribution < 1.29 is 9.18 Å². The fraction of sp³-hybridized carbons (Fsp3) is 0.312. The van der Waals surface area contributed by atoms with Crippen molar-refractivity contribution in [2.75, 3.05) is 25.5 Å². The first-order valence-electron chi connectivity index (χ1n) is 6.94. The number of halogens is 1. The molecule has 0 aliphatic rings. The molecule has 0 fully saturated rings. The van der Waals surface area contributed by atoms with E-state index in [1.807, 2.05) is 13.0 Å². The summed E-state index contributed by atoms with van der Waals surface area (Å²) in [6, 6.07) is 4.74. The molecule has 1 aromatic carbocycles. The number of anilines is 1. The van der Waals surface area contributed by atoms with E-state index in [4.69, 9.17) is 0 Å². The molecule has 5 nitrogen and oxygen atoms in total. The lowest BCUT2D eigenvalue weighted by Gasteiger charge is -2.17. The number of amides is 1. The molecule has 2 rings (SSSR count). The molecule has 0 atom stereocenters. The second-order valence-electron chi connectivity index (χ2n) is 5.04. The van der Waals surface area contributed by atoms with Gasteiger partial charge in [-0.2, -0.15) is 5.26 Å². The predicted octanol–water partition coefficient (Wildman–Crippen LogP) is 2.44. The van der Waals surface area contributed by atoms with Crippen molar-refractivity contribution in [2.45, 2.75) is 13.8 Å². The van der Waals surface area contributed by atoms with Crippen LogP contribution in [0.15, 0.2) is 18.3 Å². The third-order valence-electron chi connectivity index (χ3n) is 3.56. The lowest BCUT2D eigenvalue weighted by molar-refractivity contribution is -0.127. The molecule has 1 aromatic heterocycles. The minimum atomic E-state index is -0.401. The molecule has 0 bridgehead atoms. The summed E-state index contributed by atoms with van der Waals surface area (Å²) in [5.41, 5.74) is 2.01. The summed E-state index contributed by atoms with van der Waals surface area (Å²) in [5.74, 6) is -0.508. The zero-order valence-electron chi connectivity index (χ0n) is 12.8. The van der Waals surface area contributed by atoms with Gasteiger partial charge < -0.3 is 10.2 Å². The van der Waals surface area contributed by atoms with Crippen molar-refractivity contribution >= 4 is 22.5 Å². The van der Waals surface area contributed by atoms with Gasteiger partial charge in [0.1, 0.15) is 11.9 Å². The Bertz CT molecular complexity index is 767. The average Bonchev–Trinajstić information content (AvgIpc) is 2.51. The van der Waals surface area contributed by atoms with Crippen LogP contribution in [0.2, 0.25) is 0 Å². The van der Waals surface area contributed by atoms with E-state index in [1.165, 1.54) is 18.3 Å². The summed E-state index contributed by atoms with van der Waals surface area (Å²) >= 11 is 0. The number of nitrogens with one attached hydrogen (secondary N) is 1. The van der Waals surface area contributed by atoms with Crippen molar-refractivity contribution in [3.8, 4) is 6.07 Å². The molecule has 1 heterocycles. The fourth-order valence-electron chi connectivity index (χ4n) is 2.19. The lowest BCUT2D eigenvalue weighted by Crippen LogP contribution is -2.32. The summed E-state index contributed by atoms with van der Waals surface area (Å²) in [6.07, 6.45) is 1.43. The van der Waals surface area contributed by atoms with Crippen LogP contribution in [0.4, 0.5) is 10.1 Å². The summed E-state index contributed by atoms with van der Waals surface area (Å²) in [7, 11) is 1.70. The van der Waals surface area contributed by atoms with Gasteiger partial charge in [0.2, 0.25) is 5.91 Å². The zero-order chi connectivity index (χ0) is 16.3. The monoisotopic (exact) mass is 300 g/mol. The number of hydrogen-bond acceptors (Lipinski definition) is 4. The summed E-state index contributed by atoms with van der Waals surface area (Å²) in [6.45, 7) is 4.26. The Morgan fingerprint density at radius 1 is 1.50 bits per heavy atom. The molecule has 22 heavy (non-hydrogen) atoms. The van der Waals surface area contributed by atoms with E-state index in [0.717, 1.165) is 0 Å². The van der Waals surface area contributed by atoms with Crippen LogP contribution < -0.4 is 5.32 Å². The van der Waals surface area contributed by atoms with Gasteiger partial charge in [0.05, 0.1) is 23.3 Å². The number of pyridine rings is 1. The molecule has 0 unspecified atom stereocenters. The predicted molar refractivity (Wildman–Crippen MR) is 83.0 cm³/mol. The van der Waals surface area contributed by atoms with Gasteiger partial charge in [0, 0.05) is 25.2 Å². The highest BCUT2D eigenvalue weighted by molar-refractivity contribution is 5.96. The largest absolute Gasteiger partial charge is 0.374 e. The molecular formula is C16H17FN4O. The molecule has 0 saturated heterocycles. The third-order valence-corrected chi connectivity index (χ3v) is 3.56. The number of nitrogens with zero attached hydrogens (tertiary/aromatic N) is 3. The molecule has 6 heteroatoms.